The molecule has 0 aliphatic carbocycles. The quantitative estimate of drug-likeness (QED) is 0.834. The van der Waals surface area contributed by atoms with Crippen molar-refractivity contribution in [3.63, 3.8) is 0 Å². The Balaban J connectivity index is 0. The van der Waals surface area contributed by atoms with Crippen LogP contribution in [0.15, 0.2) is 42.5 Å². The molecule has 2 N–H and O–H groups in total. The molecule has 4 heteroatoms. The highest BCUT2D eigenvalue weighted by atomic mass is 35.5. The topological polar surface area (TPSA) is 49.3 Å². The zero-order valence-corrected chi connectivity index (χ0v) is 12.9. The highest BCUT2D eigenvalue weighted by molar-refractivity contribution is 5.85. The first kappa shape index (κ1) is 20.0. The molecule has 0 aliphatic rings. The van der Waals surface area contributed by atoms with E-state index in [1.807, 2.05) is 6.07 Å². The second-order valence-corrected chi connectivity index (χ2v) is 5.17. The summed E-state index contributed by atoms with van der Waals surface area (Å²) in [7, 11) is 0. The van der Waals surface area contributed by atoms with Crippen molar-refractivity contribution in [2.45, 2.75) is 39.8 Å². The molecule has 3 nitrogen and oxygen atoms in total. The van der Waals surface area contributed by atoms with Gasteiger partial charge in [0.1, 0.15) is 0 Å². The van der Waals surface area contributed by atoms with Gasteiger partial charge in [0, 0.05) is 17.7 Å². The fourth-order valence-corrected chi connectivity index (χ4v) is 0.963. The number of carboxylic acids is 1. The second kappa shape index (κ2) is 9.59. The maximum absolute atomic E-state index is 9.60. The molecular weight excluding hydrogens is 262 g/mol. The Hall–Kier alpha value is -1.32. The Morgan fingerprint density at radius 1 is 1.26 bits per heavy atom. The van der Waals surface area contributed by atoms with Gasteiger partial charge in [-0.1, -0.05) is 36.9 Å². The minimum atomic E-state index is -0.935. The van der Waals surface area contributed by atoms with Gasteiger partial charge in [0.25, 0.3) is 0 Å². The first-order valence-electron chi connectivity index (χ1n) is 5.90. The van der Waals surface area contributed by atoms with Gasteiger partial charge in [-0.15, -0.1) is 12.4 Å². The van der Waals surface area contributed by atoms with E-state index in [0.29, 0.717) is 0 Å². The molecule has 0 saturated heterocycles. The number of hydrogen-bond donors (Lipinski definition) is 2. The molecule has 0 unspecified atom stereocenters. The molecular formula is C15H24ClNO2. The van der Waals surface area contributed by atoms with Crippen LogP contribution >= 0.6 is 12.4 Å². The third-order valence-electron chi connectivity index (χ3n) is 2.03. The summed E-state index contributed by atoms with van der Waals surface area (Å²) in [5.74, 6) is -0.935. The number of benzene rings is 1. The predicted molar refractivity (Wildman–Crippen MR) is 82.7 cm³/mol. The van der Waals surface area contributed by atoms with Crippen molar-refractivity contribution in [1.29, 1.82) is 0 Å². The fourth-order valence-electron chi connectivity index (χ4n) is 0.963. The van der Waals surface area contributed by atoms with Crippen LogP contribution in [0.3, 0.4) is 0 Å². The molecule has 108 valence electrons. The van der Waals surface area contributed by atoms with E-state index in [0.717, 1.165) is 6.54 Å². The van der Waals surface area contributed by atoms with E-state index in [9.17, 15) is 4.79 Å². The summed E-state index contributed by atoms with van der Waals surface area (Å²) < 4.78 is 0. The number of carbonyl (C=O) groups is 1. The Kier molecular flexibility index (Phi) is 10.1. The summed E-state index contributed by atoms with van der Waals surface area (Å²) >= 11 is 0. The Morgan fingerprint density at radius 2 is 1.68 bits per heavy atom. The lowest BCUT2D eigenvalue weighted by atomic mass is 10.1. The van der Waals surface area contributed by atoms with Crippen molar-refractivity contribution in [3.8, 4) is 0 Å². The van der Waals surface area contributed by atoms with Gasteiger partial charge in [-0.25, -0.2) is 4.79 Å². The maximum Gasteiger partial charge on any atom is 0.330 e. The van der Waals surface area contributed by atoms with Crippen LogP contribution in [0, 0.1) is 0 Å². The molecule has 0 aromatic heterocycles. The number of rotatable bonds is 3. The number of aliphatic carboxylic acids is 1. The lowest BCUT2D eigenvalue weighted by molar-refractivity contribution is -0.132. The van der Waals surface area contributed by atoms with Crippen molar-refractivity contribution in [2.75, 3.05) is 0 Å². The van der Waals surface area contributed by atoms with Crippen molar-refractivity contribution in [1.82, 2.24) is 5.32 Å². The second-order valence-electron chi connectivity index (χ2n) is 5.17. The summed E-state index contributed by atoms with van der Waals surface area (Å²) in [5.41, 5.74) is 1.72. The first-order chi connectivity index (χ1) is 8.22. The van der Waals surface area contributed by atoms with Crippen LogP contribution in [0.4, 0.5) is 0 Å². The Morgan fingerprint density at radius 3 is 2.00 bits per heavy atom. The molecule has 0 amide bonds. The third kappa shape index (κ3) is 12.9. The Bertz CT molecular complexity index is 371. The van der Waals surface area contributed by atoms with Crippen molar-refractivity contribution in [3.05, 3.63) is 48.0 Å². The molecule has 0 aliphatic heterocycles. The molecule has 0 fully saturated rings. The number of carboxylic acid groups (broad SMARTS) is 1. The summed E-state index contributed by atoms with van der Waals surface area (Å²) in [4.78, 5) is 9.60. The molecule has 0 saturated carbocycles. The lowest BCUT2D eigenvalue weighted by Crippen LogP contribution is -2.34. The van der Waals surface area contributed by atoms with Crippen LogP contribution in [0.25, 0.3) is 0 Å². The van der Waals surface area contributed by atoms with Gasteiger partial charge in [-0.2, -0.15) is 0 Å². The fraction of sp³-hybridized carbons (Fsp3) is 0.400. The summed E-state index contributed by atoms with van der Waals surface area (Å²) in [5, 5.41) is 11.3. The minimum Gasteiger partial charge on any atom is -0.478 e. The van der Waals surface area contributed by atoms with E-state index in [1.165, 1.54) is 12.5 Å². The molecule has 0 spiro atoms. The maximum atomic E-state index is 9.60. The van der Waals surface area contributed by atoms with Crippen LogP contribution in [0.2, 0.25) is 0 Å². The van der Waals surface area contributed by atoms with Crippen LogP contribution < -0.4 is 5.32 Å². The molecule has 0 atom stereocenters. The largest absolute Gasteiger partial charge is 0.478 e. The van der Waals surface area contributed by atoms with Gasteiger partial charge in [-0.05, 0) is 33.3 Å². The van der Waals surface area contributed by atoms with Gasteiger partial charge in [0.15, 0.2) is 0 Å². The lowest BCUT2D eigenvalue weighted by Gasteiger charge is -2.20. The standard InChI is InChI=1S/C11H17N.C4H6O2.ClH/c1-11(2,3)12-9-10-7-5-4-6-8-10;1-3(2)4(5)6;/h4-8,12H,9H2,1-3H3;1H2,2H3,(H,5,6);1H. The van der Waals surface area contributed by atoms with E-state index in [2.05, 4.69) is 56.9 Å². The average molecular weight is 286 g/mol. The molecule has 19 heavy (non-hydrogen) atoms. The van der Waals surface area contributed by atoms with Gasteiger partial charge < -0.3 is 10.4 Å². The molecule has 0 heterocycles. The van der Waals surface area contributed by atoms with Crippen molar-refractivity contribution in [2.24, 2.45) is 0 Å². The van der Waals surface area contributed by atoms with Crippen molar-refractivity contribution >= 4 is 18.4 Å². The summed E-state index contributed by atoms with van der Waals surface area (Å²) in [6.07, 6.45) is 0. The zero-order chi connectivity index (χ0) is 14.2. The third-order valence-corrected chi connectivity index (χ3v) is 2.03. The number of halogens is 1. The Labute approximate surface area is 122 Å². The van der Waals surface area contributed by atoms with E-state index in [-0.39, 0.29) is 23.5 Å². The predicted octanol–water partition coefficient (Wildman–Crippen LogP) is 3.64. The number of hydrogen-bond acceptors (Lipinski definition) is 2. The first-order valence-corrected chi connectivity index (χ1v) is 5.90. The van der Waals surface area contributed by atoms with Gasteiger partial charge in [-0.3, -0.25) is 0 Å². The van der Waals surface area contributed by atoms with Crippen LogP contribution in [0.5, 0.6) is 0 Å². The van der Waals surface area contributed by atoms with Gasteiger partial charge >= 0.3 is 5.97 Å². The van der Waals surface area contributed by atoms with E-state index in [1.54, 1.807) is 0 Å². The SMILES string of the molecule is C=C(C)C(=O)O.CC(C)(C)NCc1ccccc1.Cl. The molecule has 1 rings (SSSR count). The van der Waals surface area contributed by atoms with E-state index < -0.39 is 5.97 Å². The highest BCUT2D eigenvalue weighted by Gasteiger charge is 2.07. The van der Waals surface area contributed by atoms with Crippen molar-refractivity contribution < 1.29 is 9.90 Å². The van der Waals surface area contributed by atoms with Gasteiger partial charge in [0.2, 0.25) is 0 Å². The monoisotopic (exact) mass is 285 g/mol. The molecule has 0 radical (unpaired) electrons. The van der Waals surface area contributed by atoms with Crippen LogP contribution in [-0.4, -0.2) is 16.6 Å². The molecule has 1 aromatic carbocycles. The molecule has 0 bridgehead atoms. The van der Waals surface area contributed by atoms with Crippen LogP contribution in [-0.2, 0) is 11.3 Å². The minimum absolute atomic E-state index is 0. The van der Waals surface area contributed by atoms with E-state index in [4.69, 9.17) is 5.11 Å². The average Bonchev–Trinajstić information content (AvgIpc) is 2.27. The zero-order valence-electron chi connectivity index (χ0n) is 12.1. The van der Waals surface area contributed by atoms with E-state index >= 15 is 0 Å². The highest BCUT2D eigenvalue weighted by Crippen LogP contribution is 2.03. The number of nitrogens with one attached hydrogen (secondary N) is 1. The molecule has 1 aromatic rings. The smallest absolute Gasteiger partial charge is 0.330 e. The normalized spacial score (nSPS) is 9.68. The van der Waals surface area contributed by atoms with Gasteiger partial charge in [0.05, 0.1) is 0 Å². The summed E-state index contributed by atoms with van der Waals surface area (Å²) in [6, 6.07) is 10.5. The van der Waals surface area contributed by atoms with Crippen LogP contribution in [0.1, 0.15) is 33.3 Å². The summed E-state index contributed by atoms with van der Waals surface area (Å²) in [6.45, 7) is 12.1.